The molecule has 9 atom stereocenters. The Morgan fingerprint density at radius 1 is 0.909 bits per heavy atom. The van der Waals surface area contributed by atoms with Gasteiger partial charge in [0.1, 0.15) is 0 Å². The van der Waals surface area contributed by atoms with Crippen LogP contribution in [-0.2, 0) is 4.79 Å². The Balaban J connectivity index is 1.74. The van der Waals surface area contributed by atoms with E-state index in [1.807, 2.05) is 6.92 Å². The van der Waals surface area contributed by atoms with Crippen molar-refractivity contribution in [1.82, 2.24) is 0 Å². The third kappa shape index (κ3) is 3.26. The Morgan fingerprint density at radius 3 is 1.97 bits per heavy atom. The highest BCUT2D eigenvalue weighted by atomic mass is 16.4. The number of carboxylic acid groups (broad SMARTS) is 1. The first-order valence-electron chi connectivity index (χ1n) is 13.8. The van der Waals surface area contributed by atoms with Gasteiger partial charge in [0.25, 0.3) is 0 Å². The molecule has 0 aromatic carbocycles. The number of hydrogen-bond donors (Lipinski definition) is 2. The topological polar surface area (TPSA) is 57.5 Å². The molecule has 4 aliphatic carbocycles. The molecule has 2 unspecified atom stereocenters. The quantitative estimate of drug-likeness (QED) is 0.420. The third-order valence-corrected chi connectivity index (χ3v) is 12.8. The Hall–Kier alpha value is -0.830. The van der Waals surface area contributed by atoms with Crippen LogP contribution in [0.4, 0.5) is 0 Å². The van der Waals surface area contributed by atoms with Crippen molar-refractivity contribution >= 4 is 5.97 Å². The summed E-state index contributed by atoms with van der Waals surface area (Å²) < 4.78 is 0. The van der Waals surface area contributed by atoms with Crippen molar-refractivity contribution in [2.45, 2.75) is 118 Å². The van der Waals surface area contributed by atoms with E-state index in [1.165, 1.54) is 32.1 Å². The molecule has 0 aromatic rings. The maximum Gasteiger partial charge on any atom is 0.303 e. The smallest absolute Gasteiger partial charge is 0.303 e. The normalized spacial score (nSPS) is 51.5. The van der Waals surface area contributed by atoms with E-state index in [4.69, 9.17) is 0 Å². The van der Waals surface area contributed by atoms with Gasteiger partial charge in [-0.25, -0.2) is 0 Å². The summed E-state index contributed by atoms with van der Waals surface area (Å²) in [4.78, 5) is 11.6. The first-order valence-corrected chi connectivity index (χ1v) is 13.8. The van der Waals surface area contributed by atoms with Crippen molar-refractivity contribution in [3.63, 3.8) is 0 Å². The molecule has 4 saturated carbocycles. The summed E-state index contributed by atoms with van der Waals surface area (Å²) in [6, 6.07) is 0. The predicted octanol–water partition coefficient (Wildman–Crippen LogP) is 7.48. The molecule has 3 nitrogen and oxygen atoms in total. The van der Waals surface area contributed by atoms with Crippen LogP contribution in [0, 0.1) is 51.2 Å². The maximum absolute atomic E-state index is 11.9. The number of aliphatic hydroxyl groups is 1. The van der Waals surface area contributed by atoms with Gasteiger partial charge in [-0.15, -0.1) is 0 Å². The SMILES string of the molecule is C=C(C)C1(O)CCC2[C@@](C)(CC[C@@]3(C)[C@@H]4CC[C@H](C(C)C)[C@@]4(C)CC[C@]23C)[C@@H]1CCC(=O)O. The minimum atomic E-state index is -0.940. The molecule has 188 valence electrons. The average molecular weight is 459 g/mol. The van der Waals surface area contributed by atoms with Gasteiger partial charge < -0.3 is 10.2 Å². The van der Waals surface area contributed by atoms with Crippen LogP contribution in [0.15, 0.2) is 12.2 Å². The van der Waals surface area contributed by atoms with Crippen molar-refractivity contribution < 1.29 is 15.0 Å². The lowest BCUT2D eigenvalue weighted by molar-refractivity contribution is -0.245. The molecule has 0 radical (unpaired) electrons. The molecule has 33 heavy (non-hydrogen) atoms. The van der Waals surface area contributed by atoms with Gasteiger partial charge in [-0.05, 0) is 122 Å². The van der Waals surface area contributed by atoms with Gasteiger partial charge in [0.15, 0.2) is 0 Å². The van der Waals surface area contributed by atoms with Crippen molar-refractivity contribution in [1.29, 1.82) is 0 Å². The lowest BCUT2D eigenvalue weighted by Crippen LogP contribution is -2.67. The van der Waals surface area contributed by atoms with E-state index in [2.05, 4.69) is 48.1 Å². The van der Waals surface area contributed by atoms with Crippen LogP contribution in [0.3, 0.4) is 0 Å². The van der Waals surface area contributed by atoms with Crippen molar-refractivity contribution in [3.05, 3.63) is 12.2 Å². The lowest BCUT2D eigenvalue weighted by atomic mass is 9.33. The zero-order chi connectivity index (χ0) is 24.6. The largest absolute Gasteiger partial charge is 0.481 e. The van der Waals surface area contributed by atoms with Gasteiger partial charge >= 0.3 is 5.97 Å². The van der Waals surface area contributed by atoms with Crippen molar-refractivity contribution in [2.24, 2.45) is 51.2 Å². The standard InChI is InChI=1S/C30H50O3/c1-19(2)21-9-10-22-26(21,5)15-17-29(8)23-13-14-30(33,20(3)4)24(11-12-25(31)32)27(23,6)16-18-28(22,29)7/h19,21-24,33H,3,9-18H2,1-2,4-8H3,(H,31,32)/t21-,22-,23?,24+,26-,27-,28+,29-,30?/m1/s1. The molecule has 0 spiro atoms. The van der Waals surface area contributed by atoms with Gasteiger partial charge in [-0.3, -0.25) is 4.79 Å². The van der Waals surface area contributed by atoms with Gasteiger partial charge in [-0.2, -0.15) is 0 Å². The first kappa shape index (κ1) is 25.3. The molecule has 4 fully saturated rings. The van der Waals surface area contributed by atoms with Crippen molar-refractivity contribution in [3.8, 4) is 0 Å². The number of fused-ring (bicyclic) bond motifs is 5. The highest BCUT2D eigenvalue weighted by molar-refractivity contribution is 5.66. The molecule has 2 N–H and O–H groups in total. The van der Waals surface area contributed by atoms with E-state index < -0.39 is 11.6 Å². The minimum absolute atomic E-state index is 0.0287. The van der Waals surface area contributed by atoms with Crippen LogP contribution in [0.1, 0.15) is 113 Å². The Morgan fingerprint density at radius 2 is 1.45 bits per heavy atom. The van der Waals surface area contributed by atoms with Gasteiger partial charge in [0.05, 0.1) is 5.60 Å². The second-order valence-electron chi connectivity index (χ2n) is 14.1. The van der Waals surface area contributed by atoms with Gasteiger partial charge in [0.2, 0.25) is 0 Å². The summed E-state index contributed by atoms with van der Waals surface area (Å²) in [6.07, 6.45) is 10.1. The van der Waals surface area contributed by atoms with Crippen LogP contribution >= 0.6 is 0 Å². The molecule has 4 rings (SSSR count). The molecule has 4 aliphatic rings. The molecule has 0 bridgehead atoms. The summed E-state index contributed by atoms with van der Waals surface area (Å²) in [5.74, 6) is 2.11. The van der Waals surface area contributed by atoms with Crippen LogP contribution < -0.4 is 0 Å². The van der Waals surface area contributed by atoms with E-state index in [0.29, 0.717) is 23.2 Å². The van der Waals surface area contributed by atoms with E-state index >= 15 is 0 Å². The van der Waals surface area contributed by atoms with E-state index in [0.717, 1.165) is 42.6 Å². The molecule has 0 amide bonds. The van der Waals surface area contributed by atoms with Gasteiger partial charge in [0, 0.05) is 6.42 Å². The molecule has 3 heteroatoms. The monoisotopic (exact) mass is 458 g/mol. The molecule has 0 aliphatic heterocycles. The zero-order valence-electron chi connectivity index (χ0n) is 22.5. The fourth-order valence-corrected chi connectivity index (χ4v) is 10.9. The molecule has 0 heterocycles. The number of carbonyl (C=O) groups is 1. The van der Waals surface area contributed by atoms with E-state index in [1.54, 1.807) is 0 Å². The number of carboxylic acids is 1. The highest BCUT2D eigenvalue weighted by Crippen LogP contribution is 2.77. The lowest BCUT2D eigenvalue weighted by Gasteiger charge is -2.72. The van der Waals surface area contributed by atoms with Crippen molar-refractivity contribution in [2.75, 3.05) is 0 Å². The first-order chi connectivity index (χ1) is 15.2. The molecular formula is C30H50O3. The minimum Gasteiger partial charge on any atom is -0.481 e. The molecule has 0 aromatic heterocycles. The summed E-state index contributed by atoms with van der Waals surface area (Å²) in [6.45, 7) is 21.2. The third-order valence-electron chi connectivity index (χ3n) is 12.8. The molecular weight excluding hydrogens is 408 g/mol. The summed E-state index contributed by atoms with van der Waals surface area (Å²) in [5, 5.41) is 21.4. The Labute approximate surface area is 202 Å². The van der Waals surface area contributed by atoms with Crippen LogP contribution in [0.5, 0.6) is 0 Å². The van der Waals surface area contributed by atoms with Crippen LogP contribution in [0.25, 0.3) is 0 Å². The second kappa shape index (κ2) is 7.84. The number of hydrogen-bond acceptors (Lipinski definition) is 2. The number of aliphatic carboxylic acids is 1. The Bertz CT molecular complexity index is 817. The van der Waals surface area contributed by atoms with Gasteiger partial charge in [-0.1, -0.05) is 48.1 Å². The fourth-order valence-electron chi connectivity index (χ4n) is 10.9. The summed E-state index contributed by atoms with van der Waals surface area (Å²) >= 11 is 0. The fraction of sp³-hybridized carbons (Fsp3) is 0.900. The van der Waals surface area contributed by atoms with Crippen LogP contribution in [0.2, 0.25) is 0 Å². The summed E-state index contributed by atoms with van der Waals surface area (Å²) in [5.41, 5.74) is 0.857. The maximum atomic E-state index is 11.9. The number of rotatable bonds is 5. The van der Waals surface area contributed by atoms with E-state index in [9.17, 15) is 15.0 Å². The zero-order valence-corrected chi connectivity index (χ0v) is 22.5. The average Bonchev–Trinajstić information content (AvgIpc) is 3.07. The summed E-state index contributed by atoms with van der Waals surface area (Å²) in [7, 11) is 0. The second-order valence-corrected chi connectivity index (χ2v) is 14.1. The molecule has 0 saturated heterocycles. The Kier molecular flexibility index (Phi) is 6.00. The highest BCUT2D eigenvalue weighted by Gasteiger charge is 2.71. The van der Waals surface area contributed by atoms with E-state index in [-0.39, 0.29) is 23.2 Å². The van der Waals surface area contributed by atoms with Crippen LogP contribution in [-0.4, -0.2) is 21.8 Å². The predicted molar refractivity (Wildman–Crippen MR) is 135 cm³/mol.